The third-order valence-electron chi connectivity index (χ3n) is 3.71. The number of hydrogen-bond acceptors (Lipinski definition) is 1. The first-order valence-electron chi connectivity index (χ1n) is 4.35. The maximum Gasteiger partial charge on any atom is 0.0493 e. The van der Waals surface area contributed by atoms with Gasteiger partial charge in [0.1, 0.15) is 0 Å². The first-order chi connectivity index (χ1) is 5.50. The Labute approximate surface area is 83.0 Å². The molecule has 0 aliphatic heterocycles. The van der Waals surface area contributed by atoms with Crippen LogP contribution in [0.2, 0.25) is 0 Å². The molecule has 0 radical (unpaired) electrons. The molecule has 0 amide bonds. The van der Waals surface area contributed by atoms with Gasteiger partial charge in [-0.1, -0.05) is 41.9 Å². The second-order valence-electron chi connectivity index (χ2n) is 4.29. The molecule has 70 valence electrons. The predicted molar refractivity (Wildman–Crippen MR) is 55.5 cm³/mol. The van der Waals surface area contributed by atoms with Crippen LogP contribution in [-0.2, 0) is 0 Å². The lowest BCUT2D eigenvalue weighted by Crippen LogP contribution is -2.37. The summed E-state index contributed by atoms with van der Waals surface area (Å²) in [5.41, 5.74) is 1.37. The fraction of sp³-hybridized carbons (Fsp3) is 0.800. The van der Waals surface area contributed by atoms with Gasteiger partial charge in [0.25, 0.3) is 0 Å². The van der Waals surface area contributed by atoms with Gasteiger partial charge in [0, 0.05) is 22.8 Å². The first kappa shape index (κ1) is 10.3. The number of alkyl halides is 1. The molecule has 2 atom stereocenters. The summed E-state index contributed by atoms with van der Waals surface area (Å²) in [5.74, 6) is 0. The highest BCUT2D eigenvalue weighted by Gasteiger charge is 2.49. The van der Waals surface area contributed by atoms with Crippen LogP contribution < -0.4 is 0 Å². The number of halogens is 1. The van der Waals surface area contributed by atoms with Crippen molar-refractivity contribution in [2.45, 2.75) is 26.7 Å². The number of rotatable bonds is 2. The van der Waals surface area contributed by atoms with Crippen LogP contribution in [-0.4, -0.2) is 17.0 Å². The van der Waals surface area contributed by atoms with Gasteiger partial charge in [0.05, 0.1) is 0 Å². The summed E-state index contributed by atoms with van der Waals surface area (Å²) in [4.78, 5) is 0. The van der Waals surface area contributed by atoms with Crippen molar-refractivity contribution in [1.82, 2.24) is 0 Å². The van der Waals surface area contributed by atoms with Crippen molar-refractivity contribution in [3.05, 3.63) is 12.2 Å². The Morgan fingerprint density at radius 2 is 2.17 bits per heavy atom. The molecule has 1 rings (SSSR count). The summed E-state index contributed by atoms with van der Waals surface area (Å²) in [5, 5.41) is 10.2. The fourth-order valence-electron chi connectivity index (χ4n) is 1.91. The Kier molecular flexibility index (Phi) is 2.69. The van der Waals surface area contributed by atoms with Crippen LogP contribution in [0.25, 0.3) is 0 Å². The number of hydrogen-bond donors (Lipinski definition) is 1. The van der Waals surface area contributed by atoms with Crippen molar-refractivity contribution in [3.63, 3.8) is 0 Å². The SMILES string of the molecule is C=C1CC[C@](C)(CO)[C@@]1(C)CBr. The van der Waals surface area contributed by atoms with E-state index < -0.39 is 0 Å². The van der Waals surface area contributed by atoms with Crippen LogP contribution in [0.15, 0.2) is 12.2 Å². The van der Waals surface area contributed by atoms with Gasteiger partial charge in [-0.3, -0.25) is 0 Å². The third kappa shape index (κ3) is 1.16. The van der Waals surface area contributed by atoms with E-state index in [1.165, 1.54) is 5.57 Å². The molecule has 0 aromatic heterocycles. The van der Waals surface area contributed by atoms with Crippen LogP contribution >= 0.6 is 15.9 Å². The van der Waals surface area contributed by atoms with Crippen LogP contribution in [0.4, 0.5) is 0 Å². The Morgan fingerprint density at radius 1 is 1.58 bits per heavy atom. The zero-order valence-corrected chi connectivity index (χ0v) is 9.45. The molecule has 0 aromatic rings. The lowest BCUT2D eigenvalue weighted by atomic mass is 9.68. The maximum atomic E-state index is 9.35. The number of aliphatic hydroxyl groups is 1. The summed E-state index contributed by atoms with van der Waals surface area (Å²) in [7, 11) is 0. The Morgan fingerprint density at radius 3 is 2.50 bits per heavy atom. The molecule has 12 heavy (non-hydrogen) atoms. The Bertz CT molecular complexity index is 202. The number of aliphatic hydroxyl groups excluding tert-OH is 1. The van der Waals surface area contributed by atoms with E-state index in [2.05, 4.69) is 36.4 Å². The van der Waals surface area contributed by atoms with E-state index in [4.69, 9.17) is 0 Å². The minimum atomic E-state index is 0.0214. The first-order valence-corrected chi connectivity index (χ1v) is 5.47. The molecule has 2 heteroatoms. The van der Waals surface area contributed by atoms with Crippen molar-refractivity contribution in [2.75, 3.05) is 11.9 Å². The van der Waals surface area contributed by atoms with Crippen molar-refractivity contribution in [1.29, 1.82) is 0 Å². The Balaban J connectivity index is 2.99. The van der Waals surface area contributed by atoms with Crippen molar-refractivity contribution in [2.24, 2.45) is 10.8 Å². The summed E-state index contributed by atoms with van der Waals surface area (Å²) >= 11 is 3.52. The molecule has 1 saturated carbocycles. The third-order valence-corrected chi connectivity index (χ3v) is 4.83. The molecule has 0 saturated heterocycles. The largest absolute Gasteiger partial charge is 0.396 e. The van der Waals surface area contributed by atoms with Crippen molar-refractivity contribution >= 4 is 15.9 Å². The maximum absolute atomic E-state index is 9.35. The van der Waals surface area contributed by atoms with Crippen LogP contribution in [0.5, 0.6) is 0 Å². The molecule has 0 heterocycles. The van der Waals surface area contributed by atoms with Crippen molar-refractivity contribution in [3.8, 4) is 0 Å². The lowest BCUT2D eigenvalue weighted by Gasteiger charge is -2.39. The molecule has 1 N–H and O–H groups in total. The summed E-state index contributed by atoms with van der Waals surface area (Å²) in [6.45, 7) is 8.67. The van der Waals surface area contributed by atoms with Crippen LogP contribution in [0, 0.1) is 10.8 Å². The van der Waals surface area contributed by atoms with Gasteiger partial charge < -0.3 is 5.11 Å². The van der Waals surface area contributed by atoms with Crippen LogP contribution in [0.1, 0.15) is 26.7 Å². The monoisotopic (exact) mass is 232 g/mol. The molecule has 1 fully saturated rings. The standard InChI is InChI=1S/C10H17BrO/c1-8-4-5-9(2,7-12)10(8,3)6-11/h12H,1,4-7H2,2-3H3/t9-,10+/m1/s1. The van der Waals surface area contributed by atoms with E-state index >= 15 is 0 Å². The second kappa shape index (κ2) is 3.15. The summed E-state index contributed by atoms with van der Waals surface area (Å²) in [6, 6.07) is 0. The highest BCUT2D eigenvalue weighted by Crippen LogP contribution is 2.55. The topological polar surface area (TPSA) is 20.2 Å². The average molecular weight is 233 g/mol. The van der Waals surface area contributed by atoms with E-state index in [1.807, 2.05) is 0 Å². The minimum absolute atomic E-state index is 0.0214. The quantitative estimate of drug-likeness (QED) is 0.574. The molecule has 0 bridgehead atoms. The summed E-state index contributed by atoms with van der Waals surface area (Å²) < 4.78 is 0. The molecular formula is C10H17BrO. The highest BCUT2D eigenvalue weighted by atomic mass is 79.9. The van der Waals surface area contributed by atoms with Gasteiger partial charge >= 0.3 is 0 Å². The number of allylic oxidation sites excluding steroid dienone is 1. The molecular weight excluding hydrogens is 216 g/mol. The van der Waals surface area contributed by atoms with Gasteiger partial charge in [0.2, 0.25) is 0 Å². The van der Waals surface area contributed by atoms with E-state index in [-0.39, 0.29) is 17.4 Å². The van der Waals surface area contributed by atoms with E-state index in [9.17, 15) is 5.11 Å². The molecule has 1 nitrogen and oxygen atoms in total. The van der Waals surface area contributed by atoms with Gasteiger partial charge in [-0.15, -0.1) is 0 Å². The highest BCUT2D eigenvalue weighted by molar-refractivity contribution is 9.09. The molecule has 0 aromatic carbocycles. The molecule has 0 unspecified atom stereocenters. The van der Waals surface area contributed by atoms with Gasteiger partial charge in [-0.2, -0.15) is 0 Å². The summed E-state index contributed by atoms with van der Waals surface area (Å²) in [6.07, 6.45) is 2.11. The van der Waals surface area contributed by atoms with Gasteiger partial charge in [0.15, 0.2) is 0 Å². The van der Waals surface area contributed by atoms with Crippen molar-refractivity contribution < 1.29 is 5.11 Å². The molecule has 1 aliphatic rings. The zero-order valence-electron chi connectivity index (χ0n) is 7.86. The van der Waals surface area contributed by atoms with Gasteiger partial charge in [-0.05, 0) is 12.8 Å². The smallest absolute Gasteiger partial charge is 0.0493 e. The molecule has 1 aliphatic carbocycles. The van der Waals surface area contributed by atoms with Gasteiger partial charge in [-0.25, -0.2) is 0 Å². The average Bonchev–Trinajstić information content (AvgIpc) is 2.31. The fourth-order valence-corrected chi connectivity index (χ4v) is 2.99. The Hall–Kier alpha value is 0.180. The van der Waals surface area contributed by atoms with E-state index in [0.717, 1.165) is 18.2 Å². The second-order valence-corrected chi connectivity index (χ2v) is 4.85. The minimum Gasteiger partial charge on any atom is -0.396 e. The van der Waals surface area contributed by atoms with E-state index in [1.54, 1.807) is 0 Å². The zero-order chi connectivity index (χ0) is 9.41. The van der Waals surface area contributed by atoms with Crippen LogP contribution in [0.3, 0.4) is 0 Å². The molecule has 0 spiro atoms. The normalized spacial score (nSPS) is 42.2. The van der Waals surface area contributed by atoms with E-state index in [0.29, 0.717) is 0 Å². The predicted octanol–water partition coefficient (Wildman–Crippen LogP) is 2.74. The lowest BCUT2D eigenvalue weighted by molar-refractivity contribution is 0.0690.